The van der Waals surface area contributed by atoms with E-state index < -0.39 is 5.97 Å². The van der Waals surface area contributed by atoms with E-state index >= 15 is 0 Å². The van der Waals surface area contributed by atoms with Gasteiger partial charge in [0, 0.05) is 6.08 Å². The van der Waals surface area contributed by atoms with E-state index in [0.29, 0.717) is 5.76 Å². The van der Waals surface area contributed by atoms with Crippen molar-refractivity contribution in [3.63, 3.8) is 0 Å². The van der Waals surface area contributed by atoms with E-state index in [1.807, 2.05) is 0 Å². The van der Waals surface area contributed by atoms with E-state index in [0.717, 1.165) is 6.08 Å². The van der Waals surface area contributed by atoms with Gasteiger partial charge in [0.2, 0.25) is 0 Å². The lowest BCUT2D eigenvalue weighted by atomic mass is 10.4. The fourth-order valence-electron chi connectivity index (χ4n) is 0.615. The molecule has 12 heavy (non-hydrogen) atoms. The van der Waals surface area contributed by atoms with Gasteiger partial charge in [0.1, 0.15) is 5.76 Å². The fraction of sp³-hybridized carbons (Fsp3) is 0. The van der Waals surface area contributed by atoms with Crippen LogP contribution >= 0.6 is 0 Å². The SMILES string of the molecule is N#COC(=O)C=Cc1ccco1. The van der Waals surface area contributed by atoms with Crippen LogP contribution in [0.3, 0.4) is 0 Å². The smallest absolute Gasteiger partial charge is 0.346 e. The first kappa shape index (κ1) is 8.08. The van der Waals surface area contributed by atoms with Gasteiger partial charge in [-0.3, -0.25) is 0 Å². The van der Waals surface area contributed by atoms with E-state index in [1.54, 1.807) is 12.1 Å². The zero-order valence-corrected chi connectivity index (χ0v) is 6.06. The maximum atomic E-state index is 10.6. The van der Waals surface area contributed by atoms with Gasteiger partial charge in [-0.25, -0.2) is 4.79 Å². The van der Waals surface area contributed by atoms with Crippen molar-refractivity contribution in [2.45, 2.75) is 0 Å². The molecule has 0 unspecified atom stereocenters. The van der Waals surface area contributed by atoms with Crippen LogP contribution in [-0.4, -0.2) is 5.97 Å². The molecule has 0 aliphatic heterocycles. The Hall–Kier alpha value is -2.02. The van der Waals surface area contributed by atoms with Crippen molar-refractivity contribution in [2.24, 2.45) is 0 Å². The molecule has 0 aliphatic rings. The van der Waals surface area contributed by atoms with Crippen molar-refractivity contribution in [2.75, 3.05) is 0 Å². The number of carbonyl (C=O) groups is 1. The molecule has 0 N–H and O–H groups in total. The number of nitrogens with zero attached hydrogens (tertiary/aromatic N) is 1. The summed E-state index contributed by atoms with van der Waals surface area (Å²) in [6, 6.07) is 3.37. The van der Waals surface area contributed by atoms with Crippen LogP contribution in [0, 0.1) is 11.5 Å². The average Bonchev–Trinajstić information content (AvgIpc) is 2.53. The minimum atomic E-state index is -0.714. The topological polar surface area (TPSA) is 63.2 Å². The van der Waals surface area contributed by atoms with Crippen molar-refractivity contribution in [1.82, 2.24) is 0 Å². The Morgan fingerprint density at radius 1 is 1.75 bits per heavy atom. The normalized spacial score (nSPS) is 9.58. The van der Waals surface area contributed by atoms with E-state index in [-0.39, 0.29) is 0 Å². The molecule has 0 atom stereocenters. The molecule has 1 aromatic rings. The lowest BCUT2D eigenvalue weighted by Crippen LogP contribution is -1.92. The molecule has 0 aliphatic carbocycles. The van der Waals surface area contributed by atoms with E-state index in [1.165, 1.54) is 18.6 Å². The van der Waals surface area contributed by atoms with E-state index in [2.05, 4.69) is 4.74 Å². The zero-order chi connectivity index (χ0) is 8.81. The maximum absolute atomic E-state index is 10.6. The van der Waals surface area contributed by atoms with E-state index in [9.17, 15) is 4.79 Å². The molecular formula is C8H5NO3. The summed E-state index contributed by atoms with van der Waals surface area (Å²) in [6.07, 6.45) is 5.28. The molecule has 0 amide bonds. The van der Waals surface area contributed by atoms with Gasteiger partial charge in [0.05, 0.1) is 6.26 Å². The number of carbonyl (C=O) groups excluding carboxylic acids is 1. The third-order valence-corrected chi connectivity index (χ3v) is 1.07. The minimum absolute atomic E-state index is 0.532. The van der Waals surface area contributed by atoms with Crippen LogP contribution in [0.15, 0.2) is 28.9 Å². The number of nitriles is 1. The first-order chi connectivity index (χ1) is 5.83. The van der Waals surface area contributed by atoms with Crippen molar-refractivity contribution in [3.05, 3.63) is 30.2 Å². The molecule has 1 heterocycles. The van der Waals surface area contributed by atoms with Gasteiger partial charge in [0.15, 0.2) is 0 Å². The van der Waals surface area contributed by atoms with Gasteiger partial charge in [-0.1, -0.05) is 0 Å². The Kier molecular flexibility index (Phi) is 2.68. The fourth-order valence-corrected chi connectivity index (χ4v) is 0.615. The van der Waals surface area contributed by atoms with Gasteiger partial charge in [-0.15, -0.1) is 5.26 Å². The van der Waals surface area contributed by atoms with Crippen LogP contribution < -0.4 is 0 Å². The molecule has 4 nitrogen and oxygen atoms in total. The van der Waals surface area contributed by atoms with Crippen LogP contribution in [-0.2, 0) is 9.53 Å². The standard InChI is InChI=1S/C8H5NO3/c9-6-12-8(10)4-3-7-2-1-5-11-7/h1-5H. The Morgan fingerprint density at radius 2 is 2.58 bits per heavy atom. The van der Waals surface area contributed by atoms with Gasteiger partial charge in [-0.05, 0) is 18.2 Å². The molecule has 0 aromatic carbocycles. The summed E-state index contributed by atoms with van der Waals surface area (Å²) in [7, 11) is 0. The third kappa shape index (κ3) is 2.31. The highest BCUT2D eigenvalue weighted by molar-refractivity contribution is 5.87. The molecule has 1 aromatic heterocycles. The van der Waals surface area contributed by atoms with Crippen LogP contribution in [0.2, 0.25) is 0 Å². The lowest BCUT2D eigenvalue weighted by molar-refractivity contribution is -0.131. The predicted octanol–water partition coefficient (Wildman–Crippen LogP) is 1.32. The average molecular weight is 163 g/mol. The summed E-state index contributed by atoms with van der Waals surface area (Å²) in [5.41, 5.74) is 0. The minimum Gasteiger partial charge on any atom is -0.465 e. The molecule has 0 saturated carbocycles. The summed E-state index contributed by atoms with van der Waals surface area (Å²) in [4.78, 5) is 10.6. The summed E-state index contributed by atoms with van der Waals surface area (Å²) in [5.74, 6) is -0.182. The first-order valence-corrected chi connectivity index (χ1v) is 3.14. The molecular weight excluding hydrogens is 158 g/mol. The van der Waals surface area contributed by atoms with E-state index in [4.69, 9.17) is 9.68 Å². The van der Waals surface area contributed by atoms with Gasteiger partial charge >= 0.3 is 5.97 Å². The largest absolute Gasteiger partial charge is 0.465 e. The molecule has 60 valence electrons. The van der Waals surface area contributed by atoms with Crippen LogP contribution in [0.5, 0.6) is 0 Å². The first-order valence-electron chi connectivity index (χ1n) is 3.14. The predicted molar refractivity (Wildman–Crippen MR) is 39.4 cm³/mol. The Bertz CT molecular complexity index is 319. The van der Waals surface area contributed by atoms with Crippen LogP contribution in [0.4, 0.5) is 0 Å². The van der Waals surface area contributed by atoms with Crippen molar-refractivity contribution >= 4 is 12.0 Å². The zero-order valence-electron chi connectivity index (χ0n) is 6.06. The number of hydrogen-bond acceptors (Lipinski definition) is 4. The molecule has 0 fully saturated rings. The van der Waals surface area contributed by atoms with Crippen LogP contribution in [0.25, 0.3) is 6.08 Å². The summed E-state index contributed by atoms with van der Waals surface area (Å²) < 4.78 is 8.86. The van der Waals surface area contributed by atoms with Crippen molar-refractivity contribution in [3.8, 4) is 6.26 Å². The molecule has 4 heteroatoms. The Balaban J connectivity index is 2.52. The lowest BCUT2D eigenvalue weighted by Gasteiger charge is -1.83. The number of rotatable bonds is 2. The summed E-state index contributed by atoms with van der Waals surface area (Å²) >= 11 is 0. The maximum Gasteiger partial charge on any atom is 0.346 e. The second kappa shape index (κ2) is 3.98. The van der Waals surface area contributed by atoms with Crippen molar-refractivity contribution in [1.29, 1.82) is 5.26 Å². The monoisotopic (exact) mass is 163 g/mol. The van der Waals surface area contributed by atoms with Crippen LogP contribution in [0.1, 0.15) is 5.76 Å². The second-order valence-electron chi connectivity index (χ2n) is 1.86. The van der Waals surface area contributed by atoms with Gasteiger partial charge < -0.3 is 9.15 Å². The highest BCUT2D eigenvalue weighted by Gasteiger charge is 1.94. The van der Waals surface area contributed by atoms with Crippen molar-refractivity contribution < 1.29 is 13.9 Å². The third-order valence-electron chi connectivity index (χ3n) is 1.07. The number of ether oxygens (including phenoxy) is 1. The molecule has 0 bridgehead atoms. The Labute approximate surface area is 68.7 Å². The Morgan fingerprint density at radius 3 is 3.17 bits per heavy atom. The van der Waals surface area contributed by atoms with Gasteiger partial charge in [-0.2, -0.15) is 0 Å². The quantitative estimate of drug-likeness (QED) is 0.374. The number of furan rings is 1. The number of hydrogen-bond donors (Lipinski definition) is 0. The number of esters is 1. The molecule has 1 rings (SSSR count). The summed E-state index contributed by atoms with van der Waals surface area (Å²) in [6.45, 7) is 0. The molecule has 0 radical (unpaired) electrons. The van der Waals surface area contributed by atoms with Gasteiger partial charge in [0.25, 0.3) is 6.26 Å². The molecule has 0 spiro atoms. The summed E-state index contributed by atoms with van der Waals surface area (Å²) in [5, 5.41) is 7.94. The molecule has 0 saturated heterocycles. The second-order valence-corrected chi connectivity index (χ2v) is 1.86. The highest BCUT2D eigenvalue weighted by Crippen LogP contribution is 2.01. The highest BCUT2D eigenvalue weighted by atomic mass is 16.5.